The summed E-state index contributed by atoms with van der Waals surface area (Å²) in [5.74, 6) is 1.22. The molecule has 7 rings (SSSR count). The van der Waals surface area contributed by atoms with Crippen molar-refractivity contribution in [3.63, 3.8) is 0 Å². The highest BCUT2D eigenvalue weighted by atomic mass is 16.5. The molecule has 2 aromatic carbocycles. The number of ether oxygens (including phenoxy) is 2. The molecule has 4 aromatic rings. The number of aromatic nitrogens is 3. The number of rotatable bonds is 8. The molecular formula is C32H32N6O5. The van der Waals surface area contributed by atoms with Gasteiger partial charge >= 0.3 is 0 Å². The van der Waals surface area contributed by atoms with Crippen molar-refractivity contribution in [3.8, 4) is 17.2 Å². The van der Waals surface area contributed by atoms with E-state index in [2.05, 4.69) is 25.4 Å². The van der Waals surface area contributed by atoms with Crippen LogP contribution in [0.1, 0.15) is 53.7 Å². The second-order valence-corrected chi connectivity index (χ2v) is 11.3. The Balaban J connectivity index is 1.01. The largest absolute Gasteiger partial charge is 0.492 e. The minimum Gasteiger partial charge on any atom is -0.492 e. The van der Waals surface area contributed by atoms with Gasteiger partial charge in [0.2, 0.25) is 11.8 Å². The van der Waals surface area contributed by atoms with Gasteiger partial charge in [-0.2, -0.15) is 5.10 Å². The van der Waals surface area contributed by atoms with Gasteiger partial charge in [0.05, 0.1) is 17.4 Å². The molecule has 5 heterocycles. The number of benzene rings is 2. The minimum absolute atomic E-state index is 0.185. The van der Waals surface area contributed by atoms with Crippen molar-refractivity contribution in [3.05, 3.63) is 77.7 Å². The van der Waals surface area contributed by atoms with Crippen LogP contribution >= 0.6 is 0 Å². The number of likely N-dealkylation sites (tertiary alicyclic amines) is 1. The van der Waals surface area contributed by atoms with Crippen molar-refractivity contribution < 1.29 is 23.9 Å². The molecule has 3 aliphatic heterocycles. The second kappa shape index (κ2) is 11.5. The van der Waals surface area contributed by atoms with Crippen molar-refractivity contribution in [2.45, 2.75) is 57.3 Å². The number of pyridine rings is 1. The molecule has 0 saturated carbocycles. The fourth-order valence-corrected chi connectivity index (χ4v) is 6.26. The van der Waals surface area contributed by atoms with Gasteiger partial charge in [-0.15, -0.1) is 0 Å². The van der Waals surface area contributed by atoms with Crippen LogP contribution in [0.5, 0.6) is 17.2 Å². The zero-order valence-corrected chi connectivity index (χ0v) is 23.6. The van der Waals surface area contributed by atoms with E-state index in [0.29, 0.717) is 43.2 Å². The van der Waals surface area contributed by atoms with Crippen LogP contribution in [0.3, 0.4) is 0 Å². The molecule has 2 fully saturated rings. The molecule has 3 aliphatic rings. The lowest BCUT2D eigenvalue weighted by Gasteiger charge is -2.35. The number of piperidine rings is 2. The first-order valence-electron chi connectivity index (χ1n) is 14.7. The normalized spacial score (nSPS) is 20.7. The Kier molecular flexibility index (Phi) is 7.23. The molecule has 3 amide bonds. The Morgan fingerprint density at radius 2 is 1.88 bits per heavy atom. The number of H-pyrrole nitrogens is 1. The van der Waals surface area contributed by atoms with Gasteiger partial charge in [-0.3, -0.25) is 34.7 Å². The third kappa shape index (κ3) is 5.55. The number of nitrogens with zero attached hydrogens (tertiary/aromatic N) is 4. The summed E-state index contributed by atoms with van der Waals surface area (Å²) in [6.45, 7) is 2.51. The summed E-state index contributed by atoms with van der Waals surface area (Å²) in [5.41, 5.74) is 3.33. The fraction of sp³-hybridized carbons (Fsp3) is 0.344. The summed E-state index contributed by atoms with van der Waals surface area (Å²) in [7, 11) is 0. The SMILES string of the molecule is O=C1CCC(N2Cc3cc(OCC4CCCCN4Cc4[nH]nc5ccc(Oc6cccnc6)cc45)ccc3C2=O)C(=O)N1. The van der Waals surface area contributed by atoms with Crippen LogP contribution in [-0.4, -0.2) is 67.9 Å². The Labute approximate surface area is 248 Å². The van der Waals surface area contributed by atoms with Gasteiger partial charge in [-0.1, -0.05) is 6.42 Å². The third-order valence-electron chi connectivity index (χ3n) is 8.52. The van der Waals surface area contributed by atoms with Crippen LogP contribution < -0.4 is 14.8 Å². The molecule has 2 aromatic heterocycles. The van der Waals surface area contributed by atoms with Gasteiger partial charge in [0.25, 0.3) is 5.91 Å². The van der Waals surface area contributed by atoms with Crippen LogP contribution in [0, 0.1) is 0 Å². The maximum absolute atomic E-state index is 13.0. The molecule has 0 aliphatic carbocycles. The number of nitrogens with one attached hydrogen (secondary N) is 2. The highest BCUT2D eigenvalue weighted by Crippen LogP contribution is 2.31. The number of aromatic amines is 1. The Hall–Kier alpha value is -4.77. The Morgan fingerprint density at radius 1 is 0.977 bits per heavy atom. The molecule has 2 N–H and O–H groups in total. The van der Waals surface area contributed by atoms with Crippen LogP contribution in [0.4, 0.5) is 0 Å². The van der Waals surface area contributed by atoms with Gasteiger partial charge in [0, 0.05) is 42.7 Å². The number of imide groups is 1. The average molecular weight is 581 g/mol. The van der Waals surface area contributed by atoms with E-state index in [1.165, 1.54) is 0 Å². The maximum Gasteiger partial charge on any atom is 0.255 e. The van der Waals surface area contributed by atoms with Crippen molar-refractivity contribution in [1.82, 2.24) is 30.3 Å². The first-order valence-corrected chi connectivity index (χ1v) is 14.7. The quantitative estimate of drug-likeness (QED) is 0.300. The van der Waals surface area contributed by atoms with Crippen molar-refractivity contribution >= 4 is 28.6 Å². The molecule has 11 nitrogen and oxygen atoms in total. The fourth-order valence-electron chi connectivity index (χ4n) is 6.26. The van der Waals surface area contributed by atoms with Crippen molar-refractivity contribution in [1.29, 1.82) is 0 Å². The van der Waals surface area contributed by atoms with E-state index in [1.807, 2.05) is 42.5 Å². The lowest BCUT2D eigenvalue weighted by atomic mass is 10.0. The average Bonchev–Trinajstić information content (AvgIpc) is 3.57. The number of amides is 3. The number of hydrogen-bond acceptors (Lipinski definition) is 8. The van der Waals surface area contributed by atoms with Crippen LogP contribution in [0.25, 0.3) is 10.9 Å². The van der Waals surface area contributed by atoms with E-state index < -0.39 is 11.9 Å². The van der Waals surface area contributed by atoms with E-state index in [-0.39, 0.29) is 24.3 Å². The van der Waals surface area contributed by atoms with Gasteiger partial charge in [-0.05, 0) is 79.9 Å². The minimum atomic E-state index is -0.630. The van der Waals surface area contributed by atoms with E-state index in [1.54, 1.807) is 23.4 Å². The van der Waals surface area contributed by atoms with E-state index in [4.69, 9.17) is 9.47 Å². The summed E-state index contributed by atoms with van der Waals surface area (Å²) in [6, 6.07) is 14.7. The molecule has 2 saturated heterocycles. The number of carbonyl (C=O) groups excluding carboxylic acids is 3. The molecule has 0 spiro atoms. The standard InChI is InChI=1S/C32H32N6O5/c39-30-11-10-29(31(40)34-30)38-17-20-14-22(6-8-25(20)32(38)41)42-19-21-4-1-2-13-37(21)18-28-26-15-23(7-9-27(26)35-36-28)43-24-5-3-12-33-16-24/h3,5-9,12,14-16,21,29H,1-2,4,10-11,13,17-19H2,(H,35,36)(H,34,39,40). The first kappa shape index (κ1) is 27.1. The molecular weight excluding hydrogens is 548 g/mol. The lowest BCUT2D eigenvalue weighted by molar-refractivity contribution is -0.136. The van der Waals surface area contributed by atoms with E-state index in [9.17, 15) is 14.4 Å². The zero-order valence-electron chi connectivity index (χ0n) is 23.6. The van der Waals surface area contributed by atoms with Gasteiger partial charge < -0.3 is 14.4 Å². The Bertz CT molecular complexity index is 1690. The summed E-state index contributed by atoms with van der Waals surface area (Å²) in [5, 5.41) is 11.1. The van der Waals surface area contributed by atoms with Gasteiger partial charge in [-0.25, -0.2) is 0 Å². The third-order valence-corrected chi connectivity index (χ3v) is 8.52. The predicted molar refractivity (Wildman–Crippen MR) is 156 cm³/mol. The van der Waals surface area contributed by atoms with Crippen LogP contribution in [0.15, 0.2) is 60.9 Å². The smallest absolute Gasteiger partial charge is 0.255 e. The first-order chi connectivity index (χ1) is 21.0. The topological polar surface area (TPSA) is 130 Å². The van der Waals surface area contributed by atoms with E-state index in [0.717, 1.165) is 53.7 Å². The Morgan fingerprint density at radius 3 is 2.74 bits per heavy atom. The van der Waals surface area contributed by atoms with Crippen LogP contribution in [0.2, 0.25) is 0 Å². The van der Waals surface area contributed by atoms with Gasteiger partial charge in [0.1, 0.15) is 29.9 Å². The number of carbonyl (C=O) groups is 3. The molecule has 220 valence electrons. The second-order valence-electron chi connectivity index (χ2n) is 11.3. The summed E-state index contributed by atoms with van der Waals surface area (Å²) in [4.78, 5) is 45.1. The number of hydrogen-bond donors (Lipinski definition) is 2. The molecule has 0 radical (unpaired) electrons. The molecule has 0 bridgehead atoms. The van der Waals surface area contributed by atoms with Crippen molar-refractivity contribution in [2.75, 3.05) is 13.2 Å². The maximum atomic E-state index is 13.0. The molecule has 2 unspecified atom stereocenters. The molecule has 11 heteroatoms. The van der Waals surface area contributed by atoms with E-state index >= 15 is 0 Å². The monoisotopic (exact) mass is 580 g/mol. The summed E-state index contributed by atoms with van der Waals surface area (Å²) in [6.07, 6.45) is 7.26. The zero-order chi connectivity index (χ0) is 29.3. The van der Waals surface area contributed by atoms with Crippen LogP contribution in [-0.2, 0) is 22.7 Å². The summed E-state index contributed by atoms with van der Waals surface area (Å²) < 4.78 is 12.3. The number of fused-ring (bicyclic) bond motifs is 2. The highest BCUT2D eigenvalue weighted by molar-refractivity contribution is 6.05. The molecule has 43 heavy (non-hydrogen) atoms. The summed E-state index contributed by atoms with van der Waals surface area (Å²) >= 11 is 0. The van der Waals surface area contributed by atoms with Gasteiger partial charge in [0.15, 0.2) is 0 Å². The predicted octanol–water partition coefficient (Wildman–Crippen LogP) is 3.94. The molecule has 2 atom stereocenters. The lowest BCUT2D eigenvalue weighted by Crippen LogP contribution is -2.52. The highest BCUT2D eigenvalue weighted by Gasteiger charge is 2.39. The van der Waals surface area contributed by atoms with Crippen molar-refractivity contribution in [2.24, 2.45) is 0 Å².